The molecule has 0 aromatic carbocycles. The van der Waals surface area contributed by atoms with Crippen LogP contribution >= 0.6 is 0 Å². The molecule has 0 bridgehead atoms. The maximum absolute atomic E-state index is 13.0. The van der Waals surface area contributed by atoms with Gasteiger partial charge in [-0.25, -0.2) is 9.37 Å². The molecule has 0 saturated heterocycles. The van der Waals surface area contributed by atoms with Crippen molar-refractivity contribution in [2.24, 2.45) is 0 Å². The molecule has 0 unspecified atom stereocenters. The molecule has 0 atom stereocenters. The molecule has 2 heterocycles. The number of halogens is 2. The van der Waals surface area contributed by atoms with Crippen molar-refractivity contribution in [1.82, 2.24) is 25.4 Å². The molecule has 0 amide bonds. The van der Waals surface area contributed by atoms with Gasteiger partial charge in [-0.1, -0.05) is 0 Å². The highest BCUT2D eigenvalue weighted by Gasteiger charge is 2.10. The lowest BCUT2D eigenvalue weighted by atomic mass is 10.4. The van der Waals surface area contributed by atoms with Crippen molar-refractivity contribution in [3.8, 4) is 11.5 Å². The van der Waals surface area contributed by atoms with E-state index in [2.05, 4.69) is 25.4 Å². The van der Waals surface area contributed by atoms with Crippen LogP contribution in [-0.4, -0.2) is 25.4 Å². The van der Waals surface area contributed by atoms with Gasteiger partial charge >= 0.3 is 0 Å². The van der Waals surface area contributed by atoms with E-state index in [4.69, 9.17) is 0 Å². The number of nitrogens with zero attached hydrogens (tertiary/aromatic N) is 5. The summed E-state index contributed by atoms with van der Waals surface area (Å²) in [5, 5.41) is 9.78. The fourth-order valence-corrected chi connectivity index (χ4v) is 0.858. The van der Waals surface area contributed by atoms with Crippen LogP contribution in [-0.2, 0) is 0 Å². The molecule has 7 heteroatoms. The summed E-state index contributed by atoms with van der Waals surface area (Å²) in [6, 6.07) is 1.05. The minimum atomic E-state index is -0.756. The fraction of sp³-hybridized carbons (Fsp3) is 0. The minimum absolute atomic E-state index is 0.155. The normalized spacial score (nSPS) is 10.1. The lowest BCUT2D eigenvalue weighted by Crippen LogP contribution is -1.99. The van der Waals surface area contributed by atoms with Crippen LogP contribution in [0.5, 0.6) is 0 Å². The van der Waals surface area contributed by atoms with Gasteiger partial charge in [0.25, 0.3) is 0 Å². The monoisotopic (exact) mass is 195 g/mol. The molecule has 5 nitrogen and oxygen atoms in total. The molecule has 0 radical (unpaired) electrons. The predicted molar refractivity (Wildman–Crippen MR) is 40.8 cm³/mol. The van der Waals surface area contributed by atoms with Gasteiger partial charge < -0.3 is 0 Å². The largest absolute Gasteiger partial charge is 0.235 e. The van der Waals surface area contributed by atoms with Crippen molar-refractivity contribution in [3.05, 3.63) is 30.2 Å². The van der Waals surface area contributed by atoms with Crippen LogP contribution in [0.2, 0.25) is 0 Å². The quantitative estimate of drug-likeness (QED) is 0.623. The molecule has 0 aliphatic rings. The standard InChI is InChI=1S/C7H3F2N5/c8-4-3-11-14-13-6(4)7-10-2-1-5(9)12-7/h1-3H. The topological polar surface area (TPSA) is 64.5 Å². The van der Waals surface area contributed by atoms with Crippen LogP contribution in [0.15, 0.2) is 18.5 Å². The van der Waals surface area contributed by atoms with E-state index in [1.54, 1.807) is 0 Å². The number of hydrogen-bond acceptors (Lipinski definition) is 5. The lowest BCUT2D eigenvalue weighted by Gasteiger charge is -1.97. The van der Waals surface area contributed by atoms with Crippen molar-refractivity contribution in [1.29, 1.82) is 0 Å². The van der Waals surface area contributed by atoms with E-state index in [1.165, 1.54) is 6.20 Å². The van der Waals surface area contributed by atoms with Gasteiger partial charge in [-0.05, 0) is 5.21 Å². The molecule has 14 heavy (non-hydrogen) atoms. The minimum Gasteiger partial charge on any atom is -0.235 e. The first-order valence-corrected chi connectivity index (χ1v) is 3.60. The lowest BCUT2D eigenvalue weighted by molar-refractivity contribution is 0.575. The zero-order valence-corrected chi connectivity index (χ0v) is 6.72. The van der Waals surface area contributed by atoms with Crippen molar-refractivity contribution >= 4 is 0 Å². The Labute approximate surface area is 76.9 Å². The van der Waals surface area contributed by atoms with Crippen molar-refractivity contribution in [2.75, 3.05) is 0 Å². The Morgan fingerprint density at radius 2 is 2.07 bits per heavy atom. The second kappa shape index (κ2) is 3.36. The molecular weight excluding hydrogens is 192 g/mol. The third-order valence-corrected chi connectivity index (χ3v) is 1.43. The van der Waals surface area contributed by atoms with Gasteiger partial charge in [0.05, 0.1) is 6.20 Å². The Hall–Kier alpha value is -2.05. The molecular formula is C7H3F2N5. The Kier molecular flexibility index (Phi) is 2.05. The third kappa shape index (κ3) is 1.51. The third-order valence-electron chi connectivity index (χ3n) is 1.43. The smallest absolute Gasteiger partial charge is 0.216 e. The second-order valence-corrected chi connectivity index (χ2v) is 2.33. The van der Waals surface area contributed by atoms with E-state index < -0.39 is 11.8 Å². The molecule has 0 fully saturated rings. The Morgan fingerprint density at radius 3 is 2.79 bits per heavy atom. The highest BCUT2D eigenvalue weighted by molar-refractivity contribution is 5.47. The van der Waals surface area contributed by atoms with Gasteiger partial charge in [0.15, 0.2) is 17.3 Å². The molecule has 0 saturated carbocycles. The number of hydrogen-bond donors (Lipinski definition) is 0. The van der Waals surface area contributed by atoms with Gasteiger partial charge in [-0.15, -0.1) is 10.2 Å². The molecule has 2 rings (SSSR count). The van der Waals surface area contributed by atoms with E-state index in [0.29, 0.717) is 0 Å². The highest BCUT2D eigenvalue weighted by Crippen LogP contribution is 2.12. The molecule has 2 aromatic rings. The summed E-state index contributed by atoms with van der Waals surface area (Å²) in [5.74, 6) is -1.66. The van der Waals surface area contributed by atoms with Crippen LogP contribution in [0, 0.1) is 11.8 Å². The van der Waals surface area contributed by atoms with E-state index >= 15 is 0 Å². The SMILES string of the molecule is Fc1ccnc(-c2nnncc2F)n1. The summed E-state index contributed by atoms with van der Waals surface area (Å²) in [5.41, 5.74) is -0.223. The first-order valence-electron chi connectivity index (χ1n) is 3.60. The molecule has 0 N–H and O–H groups in total. The van der Waals surface area contributed by atoms with E-state index in [0.717, 1.165) is 12.3 Å². The average Bonchev–Trinajstić information content (AvgIpc) is 2.18. The average molecular weight is 195 g/mol. The van der Waals surface area contributed by atoms with Gasteiger partial charge in [-0.2, -0.15) is 9.37 Å². The van der Waals surface area contributed by atoms with E-state index in [9.17, 15) is 8.78 Å². The molecule has 0 aliphatic heterocycles. The van der Waals surface area contributed by atoms with Crippen LogP contribution in [0.25, 0.3) is 11.5 Å². The van der Waals surface area contributed by atoms with Crippen LogP contribution in [0.1, 0.15) is 0 Å². The maximum atomic E-state index is 13.0. The highest BCUT2D eigenvalue weighted by atomic mass is 19.1. The van der Waals surface area contributed by atoms with Crippen molar-refractivity contribution in [2.45, 2.75) is 0 Å². The maximum Gasteiger partial charge on any atom is 0.216 e. The Bertz CT molecular complexity index is 461. The zero-order valence-electron chi connectivity index (χ0n) is 6.72. The summed E-state index contributed by atoms with van der Waals surface area (Å²) < 4.78 is 25.7. The van der Waals surface area contributed by atoms with Gasteiger partial charge in [0, 0.05) is 12.3 Å². The van der Waals surface area contributed by atoms with Crippen molar-refractivity contribution < 1.29 is 8.78 Å². The van der Waals surface area contributed by atoms with E-state index in [-0.39, 0.29) is 11.5 Å². The second-order valence-electron chi connectivity index (χ2n) is 2.33. The van der Waals surface area contributed by atoms with Gasteiger partial charge in [-0.3, -0.25) is 0 Å². The molecule has 0 spiro atoms. The molecule has 70 valence electrons. The van der Waals surface area contributed by atoms with Crippen LogP contribution in [0.4, 0.5) is 8.78 Å². The molecule has 2 aromatic heterocycles. The van der Waals surface area contributed by atoms with Crippen LogP contribution < -0.4 is 0 Å². The van der Waals surface area contributed by atoms with Crippen LogP contribution in [0.3, 0.4) is 0 Å². The summed E-state index contributed by atoms with van der Waals surface area (Å²) in [6.45, 7) is 0. The predicted octanol–water partition coefficient (Wildman–Crippen LogP) is 0.607. The van der Waals surface area contributed by atoms with Crippen molar-refractivity contribution in [3.63, 3.8) is 0 Å². The van der Waals surface area contributed by atoms with E-state index in [1.807, 2.05) is 0 Å². The summed E-state index contributed by atoms with van der Waals surface area (Å²) in [7, 11) is 0. The van der Waals surface area contributed by atoms with Gasteiger partial charge in [0.1, 0.15) is 0 Å². The number of rotatable bonds is 1. The molecule has 0 aliphatic carbocycles. The Balaban J connectivity index is 2.55. The summed E-state index contributed by atoms with van der Waals surface area (Å²) >= 11 is 0. The Morgan fingerprint density at radius 1 is 1.21 bits per heavy atom. The summed E-state index contributed by atoms with van der Waals surface area (Å²) in [4.78, 5) is 7.01. The zero-order chi connectivity index (χ0) is 9.97. The van der Waals surface area contributed by atoms with Gasteiger partial charge in [0.2, 0.25) is 5.95 Å². The number of aromatic nitrogens is 5. The first kappa shape index (κ1) is 8.54. The fourth-order valence-electron chi connectivity index (χ4n) is 0.858. The first-order chi connectivity index (χ1) is 6.77. The summed E-state index contributed by atoms with van der Waals surface area (Å²) in [6.07, 6.45) is 2.02.